The summed E-state index contributed by atoms with van der Waals surface area (Å²) in [5.74, 6) is 1.23. The lowest BCUT2D eigenvalue weighted by atomic mass is 10.1. The molecule has 0 saturated heterocycles. The number of nitrogens with zero attached hydrogens (tertiary/aromatic N) is 3. The summed E-state index contributed by atoms with van der Waals surface area (Å²) in [6, 6.07) is 11.1. The lowest BCUT2D eigenvalue weighted by Gasteiger charge is -2.02. The zero-order valence-electron chi connectivity index (χ0n) is 15.6. The largest absolute Gasteiger partial charge is 0.497 e. The van der Waals surface area contributed by atoms with Crippen LogP contribution in [0.15, 0.2) is 40.8 Å². The Labute approximate surface area is 160 Å². The summed E-state index contributed by atoms with van der Waals surface area (Å²) in [5, 5.41) is 12.0. The van der Waals surface area contributed by atoms with Crippen molar-refractivity contribution in [1.82, 2.24) is 14.5 Å². The molecule has 0 bridgehead atoms. The van der Waals surface area contributed by atoms with Crippen LogP contribution in [0.2, 0.25) is 0 Å². The number of rotatable bonds is 7. The fraction of sp³-hybridized carbons (Fsp3) is 0.250. The van der Waals surface area contributed by atoms with E-state index in [1.54, 1.807) is 25.3 Å². The monoisotopic (exact) mass is 380 g/mol. The standard InChI is InChI=1S/C20H20N4O4/c1-24-16-8-5-12(17(26)4-3-9-25)10-15(16)21-19(24)23-20-22-14-7-6-13(27-2)11-18(14)28-20/h5-8,10-11,25H,3-4,9H2,1-2H3,(H,21,22,23). The Morgan fingerprint density at radius 3 is 2.86 bits per heavy atom. The van der Waals surface area contributed by atoms with E-state index < -0.39 is 0 Å². The van der Waals surface area contributed by atoms with Gasteiger partial charge in [-0.15, -0.1) is 0 Å². The number of aryl methyl sites for hydroxylation is 1. The molecule has 0 unspecified atom stereocenters. The van der Waals surface area contributed by atoms with Crippen LogP contribution in [0.3, 0.4) is 0 Å². The van der Waals surface area contributed by atoms with E-state index in [1.807, 2.05) is 29.8 Å². The molecule has 4 aromatic rings. The van der Waals surface area contributed by atoms with Gasteiger partial charge in [0.15, 0.2) is 11.4 Å². The van der Waals surface area contributed by atoms with Crippen molar-refractivity contribution in [2.24, 2.45) is 7.05 Å². The predicted octanol–water partition coefficient (Wildman–Crippen LogP) is 3.42. The number of methoxy groups -OCH3 is 1. The maximum Gasteiger partial charge on any atom is 0.302 e. The van der Waals surface area contributed by atoms with E-state index >= 15 is 0 Å². The van der Waals surface area contributed by atoms with Gasteiger partial charge >= 0.3 is 6.01 Å². The van der Waals surface area contributed by atoms with Crippen molar-refractivity contribution in [3.63, 3.8) is 0 Å². The fourth-order valence-corrected chi connectivity index (χ4v) is 3.05. The maximum atomic E-state index is 12.2. The van der Waals surface area contributed by atoms with Crippen LogP contribution < -0.4 is 10.1 Å². The molecule has 0 radical (unpaired) electrons. The van der Waals surface area contributed by atoms with Crippen molar-refractivity contribution in [3.05, 3.63) is 42.0 Å². The number of nitrogens with one attached hydrogen (secondary N) is 1. The van der Waals surface area contributed by atoms with Crippen LogP contribution >= 0.6 is 0 Å². The molecule has 144 valence electrons. The number of fused-ring (bicyclic) bond motifs is 2. The van der Waals surface area contributed by atoms with Gasteiger partial charge < -0.3 is 18.8 Å². The molecule has 0 fully saturated rings. The maximum absolute atomic E-state index is 12.2. The number of benzene rings is 2. The van der Waals surface area contributed by atoms with Crippen molar-refractivity contribution in [2.45, 2.75) is 12.8 Å². The Bertz CT molecular complexity index is 1160. The average Bonchev–Trinajstić information content (AvgIpc) is 3.25. The van der Waals surface area contributed by atoms with Crippen LogP contribution in [-0.2, 0) is 7.05 Å². The molecular weight excluding hydrogens is 360 g/mol. The summed E-state index contributed by atoms with van der Waals surface area (Å²) in [5.41, 5.74) is 3.47. The number of aromatic nitrogens is 3. The summed E-state index contributed by atoms with van der Waals surface area (Å²) in [7, 11) is 3.47. The number of hydrogen-bond donors (Lipinski definition) is 2. The molecule has 8 nitrogen and oxygen atoms in total. The van der Waals surface area contributed by atoms with E-state index in [2.05, 4.69) is 15.3 Å². The second kappa shape index (κ2) is 7.32. The highest BCUT2D eigenvalue weighted by atomic mass is 16.5. The van der Waals surface area contributed by atoms with Crippen molar-refractivity contribution in [2.75, 3.05) is 19.0 Å². The summed E-state index contributed by atoms with van der Waals surface area (Å²) in [6.07, 6.45) is 0.765. The molecule has 0 aliphatic rings. The Morgan fingerprint density at radius 2 is 2.07 bits per heavy atom. The Balaban J connectivity index is 1.63. The van der Waals surface area contributed by atoms with Crippen LogP contribution in [0.5, 0.6) is 5.75 Å². The van der Waals surface area contributed by atoms with Crippen LogP contribution in [0.1, 0.15) is 23.2 Å². The van der Waals surface area contributed by atoms with E-state index in [0.29, 0.717) is 52.7 Å². The molecule has 0 aliphatic carbocycles. The summed E-state index contributed by atoms with van der Waals surface area (Å²) in [4.78, 5) is 21.2. The molecule has 0 saturated carbocycles. The Hall–Kier alpha value is -3.39. The number of ether oxygens (including phenoxy) is 1. The highest BCUT2D eigenvalue weighted by Gasteiger charge is 2.14. The first-order valence-corrected chi connectivity index (χ1v) is 8.91. The number of Topliss-reactive ketones (excluding diaryl/α,β-unsaturated/α-hetero) is 1. The third-order valence-electron chi connectivity index (χ3n) is 4.58. The number of aliphatic hydroxyl groups is 1. The number of hydrogen-bond acceptors (Lipinski definition) is 7. The fourth-order valence-electron chi connectivity index (χ4n) is 3.05. The van der Waals surface area contributed by atoms with Crippen LogP contribution in [0, 0.1) is 0 Å². The summed E-state index contributed by atoms with van der Waals surface area (Å²) >= 11 is 0. The SMILES string of the molecule is COc1ccc2nc(Nc3nc4cc(C(=O)CCCO)ccc4n3C)oc2c1. The first-order chi connectivity index (χ1) is 13.6. The average molecular weight is 380 g/mol. The summed E-state index contributed by atoms with van der Waals surface area (Å²) < 4.78 is 12.8. The first-order valence-electron chi connectivity index (χ1n) is 8.91. The zero-order chi connectivity index (χ0) is 19.7. The van der Waals surface area contributed by atoms with Crippen molar-refractivity contribution in [3.8, 4) is 5.75 Å². The quantitative estimate of drug-likeness (QED) is 0.474. The molecule has 2 aromatic heterocycles. The number of imidazole rings is 1. The third-order valence-corrected chi connectivity index (χ3v) is 4.58. The van der Waals surface area contributed by atoms with E-state index in [-0.39, 0.29) is 12.4 Å². The number of anilines is 2. The first kappa shape index (κ1) is 18.0. The van der Waals surface area contributed by atoms with Crippen LogP contribution in [0.25, 0.3) is 22.1 Å². The van der Waals surface area contributed by atoms with Gasteiger partial charge in [0.25, 0.3) is 0 Å². The lowest BCUT2D eigenvalue weighted by molar-refractivity contribution is 0.0971. The molecule has 2 aromatic carbocycles. The van der Waals surface area contributed by atoms with Crippen molar-refractivity contribution >= 4 is 39.9 Å². The molecule has 4 rings (SSSR count). The number of ketones is 1. The molecule has 0 amide bonds. The van der Waals surface area contributed by atoms with E-state index in [1.165, 1.54) is 0 Å². The van der Waals surface area contributed by atoms with Gasteiger partial charge in [0.05, 0.1) is 18.1 Å². The van der Waals surface area contributed by atoms with E-state index in [9.17, 15) is 4.79 Å². The highest BCUT2D eigenvalue weighted by molar-refractivity contribution is 5.99. The lowest BCUT2D eigenvalue weighted by Crippen LogP contribution is -2.00. The van der Waals surface area contributed by atoms with Crippen molar-refractivity contribution < 1.29 is 19.1 Å². The Morgan fingerprint density at radius 1 is 1.21 bits per heavy atom. The van der Waals surface area contributed by atoms with Gasteiger partial charge in [-0.25, -0.2) is 4.98 Å². The number of aliphatic hydroxyl groups excluding tert-OH is 1. The second-order valence-electron chi connectivity index (χ2n) is 6.43. The molecule has 2 heterocycles. The van der Waals surface area contributed by atoms with Gasteiger partial charge in [-0.2, -0.15) is 4.98 Å². The highest BCUT2D eigenvalue weighted by Crippen LogP contribution is 2.27. The van der Waals surface area contributed by atoms with Crippen molar-refractivity contribution in [1.29, 1.82) is 0 Å². The zero-order valence-corrected chi connectivity index (χ0v) is 15.6. The molecule has 2 N–H and O–H groups in total. The predicted molar refractivity (Wildman–Crippen MR) is 105 cm³/mol. The smallest absolute Gasteiger partial charge is 0.302 e. The van der Waals surface area contributed by atoms with Gasteiger partial charge in [-0.05, 0) is 36.8 Å². The number of oxazole rings is 1. The molecule has 8 heteroatoms. The molecule has 28 heavy (non-hydrogen) atoms. The van der Waals surface area contributed by atoms with Gasteiger partial charge in [-0.1, -0.05) is 0 Å². The molecule has 0 atom stereocenters. The Kier molecular flexibility index (Phi) is 4.70. The van der Waals surface area contributed by atoms with Gasteiger partial charge in [0.2, 0.25) is 5.95 Å². The second-order valence-corrected chi connectivity index (χ2v) is 6.43. The van der Waals surface area contributed by atoms with Crippen LogP contribution in [-0.4, -0.2) is 39.1 Å². The number of carbonyl (C=O) groups is 1. The molecule has 0 aliphatic heterocycles. The summed E-state index contributed by atoms with van der Waals surface area (Å²) in [6.45, 7) is 0.00200. The topological polar surface area (TPSA) is 102 Å². The van der Waals surface area contributed by atoms with Gasteiger partial charge in [-0.3, -0.25) is 10.1 Å². The minimum atomic E-state index is -0.0102. The minimum Gasteiger partial charge on any atom is -0.497 e. The molecular formula is C20H20N4O4. The van der Waals surface area contributed by atoms with Gasteiger partial charge in [0, 0.05) is 31.7 Å². The number of carbonyl (C=O) groups excluding carboxylic acids is 1. The normalized spacial score (nSPS) is 11.2. The third kappa shape index (κ3) is 3.29. The minimum absolute atomic E-state index is 0.00200. The van der Waals surface area contributed by atoms with E-state index in [0.717, 1.165) is 5.52 Å². The molecule has 0 spiro atoms. The van der Waals surface area contributed by atoms with E-state index in [4.69, 9.17) is 14.3 Å². The van der Waals surface area contributed by atoms with Gasteiger partial charge in [0.1, 0.15) is 11.3 Å². The van der Waals surface area contributed by atoms with Crippen LogP contribution in [0.4, 0.5) is 12.0 Å².